The Hall–Kier alpha value is -3.41. The highest BCUT2D eigenvalue weighted by molar-refractivity contribution is 5.94. The second kappa shape index (κ2) is 7.20. The molecule has 4 aromatic rings. The number of hydrogen-bond donors (Lipinski definition) is 1. The summed E-state index contributed by atoms with van der Waals surface area (Å²) in [5, 5.41) is 8.00. The molecular weight excluding hydrogens is 362 g/mol. The van der Waals surface area contributed by atoms with Crippen molar-refractivity contribution in [3.05, 3.63) is 72.8 Å². The first-order valence-corrected chi connectivity index (χ1v) is 9.99. The molecule has 1 N–H and O–H groups in total. The molecule has 1 aromatic carbocycles. The van der Waals surface area contributed by atoms with E-state index in [0.29, 0.717) is 5.92 Å². The van der Waals surface area contributed by atoms with E-state index in [1.54, 1.807) is 6.20 Å². The minimum atomic E-state index is 0.129. The molecule has 1 aliphatic heterocycles. The third-order valence-corrected chi connectivity index (χ3v) is 5.85. The smallest absolute Gasteiger partial charge is 0.254 e. The minimum Gasteiger partial charge on any atom is -0.346 e. The van der Waals surface area contributed by atoms with Gasteiger partial charge in [0.15, 0.2) is 0 Å². The van der Waals surface area contributed by atoms with E-state index in [1.165, 1.54) is 5.39 Å². The summed E-state index contributed by atoms with van der Waals surface area (Å²) in [7, 11) is 0. The van der Waals surface area contributed by atoms with Gasteiger partial charge in [0.25, 0.3) is 5.91 Å². The number of rotatable bonds is 4. The number of hydrogen-bond acceptors (Lipinski definition) is 3. The highest BCUT2D eigenvalue weighted by atomic mass is 16.2. The summed E-state index contributed by atoms with van der Waals surface area (Å²) in [4.78, 5) is 19.5. The van der Waals surface area contributed by atoms with E-state index in [9.17, 15) is 4.79 Å². The van der Waals surface area contributed by atoms with Crippen molar-refractivity contribution >= 4 is 16.8 Å². The molecule has 1 fully saturated rings. The number of likely N-dealkylation sites (tertiary alicyclic amines) is 1. The van der Waals surface area contributed by atoms with Crippen molar-refractivity contribution in [2.75, 3.05) is 6.54 Å². The quantitative estimate of drug-likeness (QED) is 0.578. The van der Waals surface area contributed by atoms with Crippen LogP contribution in [0, 0.1) is 5.92 Å². The largest absolute Gasteiger partial charge is 0.346 e. The van der Waals surface area contributed by atoms with E-state index in [2.05, 4.69) is 45.0 Å². The molecule has 5 rings (SSSR count). The average molecular weight is 385 g/mol. The molecule has 0 unspecified atom stereocenters. The van der Waals surface area contributed by atoms with Crippen LogP contribution in [0.3, 0.4) is 0 Å². The molecule has 6 heteroatoms. The Labute approximate surface area is 169 Å². The zero-order valence-corrected chi connectivity index (χ0v) is 16.3. The summed E-state index contributed by atoms with van der Waals surface area (Å²) in [6.07, 6.45) is 8.70. The summed E-state index contributed by atoms with van der Waals surface area (Å²) in [6, 6.07) is 14.0. The van der Waals surface area contributed by atoms with Crippen LogP contribution < -0.4 is 0 Å². The van der Waals surface area contributed by atoms with Crippen molar-refractivity contribution in [3.8, 4) is 11.3 Å². The fraction of sp³-hybridized carbons (Fsp3) is 0.261. The Morgan fingerprint density at radius 1 is 1.21 bits per heavy atom. The SMILES string of the molecule is C[C@@H]1C[C@@H](Cn2ccc3cc(-c4cn[nH]c4)ncc32)CN1C(=O)c1ccccc1. The van der Waals surface area contributed by atoms with Crippen molar-refractivity contribution in [2.45, 2.75) is 25.9 Å². The highest BCUT2D eigenvalue weighted by Gasteiger charge is 2.33. The van der Waals surface area contributed by atoms with Gasteiger partial charge in [-0.05, 0) is 43.5 Å². The lowest BCUT2D eigenvalue weighted by Gasteiger charge is -2.21. The number of benzene rings is 1. The van der Waals surface area contributed by atoms with Crippen LogP contribution in [0.1, 0.15) is 23.7 Å². The minimum absolute atomic E-state index is 0.129. The number of carbonyl (C=O) groups excluding carboxylic acids is 1. The van der Waals surface area contributed by atoms with Crippen molar-refractivity contribution in [1.29, 1.82) is 0 Å². The predicted octanol–water partition coefficient (Wildman–Crippen LogP) is 3.98. The van der Waals surface area contributed by atoms with Crippen LogP contribution in [0.4, 0.5) is 0 Å². The van der Waals surface area contributed by atoms with E-state index in [1.807, 2.05) is 47.6 Å². The van der Waals surface area contributed by atoms with Gasteiger partial charge in [0.05, 0.1) is 23.6 Å². The van der Waals surface area contributed by atoms with Gasteiger partial charge in [0.1, 0.15) is 0 Å². The number of fused-ring (bicyclic) bond motifs is 1. The number of nitrogens with zero attached hydrogens (tertiary/aromatic N) is 4. The predicted molar refractivity (Wildman–Crippen MR) is 112 cm³/mol. The van der Waals surface area contributed by atoms with Gasteiger partial charge in [-0.25, -0.2) is 0 Å². The summed E-state index contributed by atoms with van der Waals surface area (Å²) in [5.41, 5.74) is 3.79. The third-order valence-electron chi connectivity index (χ3n) is 5.85. The zero-order valence-electron chi connectivity index (χ0n) is 16.3. The standard InChI is InChI=1S/C23H23N5O/c1-16-9-17(15-28(16)23(29)18-5-3-2-4-6-18)14-27-8-7-19-10-21(24-13-22(19)27)20-11-25-26-12-20/h2-8,10-13,16-17H,9,14-15H2,1H3,(H,25,26)/t16-,17+/m1/s1. The van der Waals surface area contributed by atoms with Gasteiger partial charge < -0.3 is 9.47 Å². The molecule has 0 aliphatic carbocycles. The summed E-state index contributed by atoms with van der Waals surface area (Å²) >= 11 is 0. The van der Waals surface area contributed by atoms with Gasteiger partial charge in [-0.3, -0.25) is 14.9 Å². The van der Waals surface area contributed by atoms with E-state index in [-0.39, 0.29) is 11.9 Å². The van der Waals surface area contributed by atoms with Gasteiger partial charge in [0, 0.05) is 48.0 Å². The zero-order chi connectivity index (χ0) is 19.8. The lowest BCUT2D eigenvalue weighted by atomic mass is 10.1. The molecule has 1 aliphatic rings. The lowest BCUT2D eigenvalue weighted by molar-refractivity contribution is 0.0742. The number of nitrogens with one attached hydrogen (secondary N) is 1. The molecule has 1 saturated heterocycles. The van der Waals surface area contributed by atoms with Gasteiger partial charge in [-0.2, -0.15) is 5.10 Å². The van der Waals surface area contributed by atoms with Crippen molar-refractivity contribution in [2.24, 2.45) is 5.92 Å². The number of pyridine rings is 1. The molecule has 3 aromatic heterocycles. The average Bonchev–Trinajstić information content (AvgIpc) is 3.49. The fourth-order valence-corrected chi connectivity index (χ4v) is 4.38. The molecule has 146 valence electrons. The molecule has 0 bridgehead atoms. The third kappa shape index (κ3) is 3.31. The van der Waals surface area contributed by atoms with Crippen molar-refractivity contribution in [1.82, 2.24) is 24.6 Å². The van der Waals surface area contributed by atoms with Gasteiger partial charge in [-0.15, -0.1) is 0 Å². The Kier molecular flexibility index (Phi) is 4.39. The van der Waals surface area contributed by atoms with Crippen LogP contribution in [-0.4, -0.2) is 43.1 Å². The maximum absolute atomic E-state index is 12.9. The molecule has 0 radical (unpaired) electrons. The molecule has 29 heavy (non-hydrogen) atoms. The Bertz CT molecular complexity index is 1130. The number of carbonyl (C=O) groups is 1. The first-order chi connectivity index (χ1) is 14.2. The number of aromatic amines is 1. The van der Waals surface area contributed by atoms with Crippen LogP contribution >= 0.6 is 0 Å². The topological polar surface area (TPSA) is 66.8 Å². The molecule has 4 heterocycles. The molecule has 6 nitrogen and oxygen atoms in total. The normalized spacial score (nSPS) is 19.1. The Morgan fingerprint density at radius 2 is 2.07 bits per heavy atom. The molecular formula is C23H23N5O. The van der Waals surface area contributed by atoms with Crippen molar-refractivity contribution < 1.29 is 4.79 Å². The fourth-order valence-electron chi connectivity index (χ4n) is 4.38. The first kappa shape index (κ1) is 17.7. The van der Waals surface area contributed by atoms with E-state index in [0.717, 1.165) is 41.8 Å². The Morgan fingerprint density at radius 3 is 2.86 bits per heavy atom. The van der Waals surface area contributed by atoms with E-state index < -0.39 is 0 Å². The molecule has 1 amide bonds. The van der Waals surface area contributed by atoms with Crippen LogP contribution in [0.5, 0.6) is 0 Å². The number of amides is 1. The summed E-state index contributed by atoms with van der Waals surface area (Å²) < 4.78 is 2.26. The summed E-state index contributed by atoms with van der Waals surface area (Å²) in [5.74, 6) is 0.561. The maximum atomic E-state index is 12.9. The molecule has 2 atom stereocenters. The van der Waals surface area contributed by atoms with Gasteiger partial charge >= 0.3 is 0 Å². The van der Waals surface area contributed by atoms with Crippen LogP contribution in [-0.2, 0) is 6.54 Å². The highest BCUT2D eigenvalue weighted by Crippen LogP contribution is 2.28. The van der Waals surface area contributed by atoms with Gasteiger partial charge in [-0.1, -0.05) is 18.2 Å². The van der Waals surface area contributed by atoms with Crippen LogP contribution in [0.2, 0.25) is 0 Å². The number of H-pyrrole nitrogens is 1. The van der Waals surface area contributed by atoms with Gasteiger partial charge in [0.2, 0.25) is 0 Å². The van der Waals surface area contributed by atoms with Crippen LogP contribution in [0.25, 0.3) is 22.2 Å². The van der Waals surface area contributed by atoms with E-state index >= 15 is 0 Å². The monoisotopic (exact) mass is 385 g/mol. The Balaban J connectivity index is 1.33. The van der Waals surface area contributed by atoms with Crippen LogP contribution in [0.15, 0.2) is 67.3 Å². The second-order valence-corrected chi connectivity index (χ2v) is 7.86. The molecule has 0 saturated carbocycles. The van der Waals surface area contributed by atoms with E-state index in [4.69, 9.17) is 0 Å². The lowest BCUT2D eigenvalue weighted by Crippen LogP contribution is -2.34. The van der Waals surface area contributed by atoms with Crippen molar-refractivity contribution in [3.63, 3.8) is 0 Å². The maximum Gasteiger partial charge on any atom is 0.254 e. The first-order valence-electron chi connectivity index (χ1n) is 9.99. The molecule has 0 spiro atoms. The summed E-state index contributed by atoms with van der Waals surface area (Å²) in [6.45, 7) is 3.82. The number of aromatic nitrogens is 4. The second-order valence-electron chi connectivity index (χ2n) is 7.86.